The van der Waals surface area contributed by atoms with E-state index in [1.54, 1.807) is 48.5 Å². The largest absolute Gasteiger partial charge is 0.476 e. The number of halogens is 2. The minimum absolute atomic E-state index is 0.0768. The highest BCUT2D eigenvalue weighted by Gasteiger charge is 2.16. The first kappa shape index (κ1) is 37.7. The van der Waals surface area contributed by atoms with E-state index >= 15 is 0 Å². The fourth-order valence-corrected chi connectivity index (χ4v) is 3.66. The molecule has 0 radical (unpaired) electrons. The molecule has 0 bridgehead atoms. The number of aliphatic imine (C=N–C) groups is 2. The van der Waals surface area contributed by atoms with Gasteiger partial charge in [0.15, 0.2) is 5.90 Å². The number of aliphatic hydroxyl groups is 1. The Morgan fingerprint density at radius 3 is 2.51 bits per heavy atom. The van der Waals surface area contributed by atoms with Gasteiger partial charge in [0.05, 0.1) is 12.9 Å². The van der Waals surface area contributed by atoms with Crippen molar-refractivity contribution >= 4 is 23.3 Å². The third-order valence-corrected chi connectivity index (χ3v) is 5.90. The van der Waals surface area contributed by atoms with Gasteiger partial charge in [0.2, 0.25) is 0 Å². The molecule has 0 fully saturated rings. The number of nitrogens with two attached hydrogens (primary N) is 1. The average Bonchev–Trinajstić information content (AvgIpc) is 2.97. The highest BCUT2D eigenvalue weighted by molar-refractivity contribution is 6.29. The second kappa shape index (κ2) is 25.7. The molecule has 0 aliphatic rings. The molecule has 1 atom stereocenters. The van der Waals surface area contributed by atoms with E-state index in [-0.39, 0.29) is 12.5 Å². The zero-order valence-electron chi connectivity index (χ0n) is 24.7. The van der Waals surface area contributed by atoms with Gasteiger partial charge in [0, 0.05) is 48.6 Å². The molecule has 41 heavy (non-hydrogen) atoms. The van der Waals surface area contributed by atoms with E-state index in [4.69, 9.17) is 32.2 Å². The number of hydrogen-bond acceptors (Lipinski definition) is 5. The molecule has 0 aliphatic carbocycles. The van der Waals surface area contributed by atoms with Crippen LogP contribution >= 0.6 is 11.6 Å². The maximum atomic E-state index is 12.7. The van der Waals surface area contributed by atoms with Gasteiger partial charge in [-0.05, 0) is 75.5 Å². The van der Waals surface area contributed by atoms with Crippen LogP contribution in [0.2, 0.25) is 0 Å². The lowest BCUT2D eigenvalue weighted by Crippen LogP contribution is -2.26. The van der Waals surface area contributed by atoms with Crippen molar-refractivity contribution in [2.24, 2.45) is 21.6 Å². The van der Waals surface area contributed by atoms with Crippen molar-refractivity contribution in [3.63, 3.8) is 0 Å². The van der Waals surface area contributed by atoms with Crippen LogP contribution in [0.1, 0.15) is 52.4 Å². The van der Waals surface area contributed by atoms with E-state index in [1.165, 1.54) is 6.08 Å². The lowest BCUT2D eigenvalue weighted by Gasteiger charge is -2.23. The lowest BCUT2D eigenvalue weighted by molar-refractivity contribution is 0.283. The molecule has 1 unspecified atom stereocenters. The van der Waals surface area contributed by atoms with Crippen molar-refractivity contribution < 1.29 is 14.2 Å². The summed E-state index contributed by atoms with van der Waals surface area (Å²) in [6, 6.07) is 0. The van der Waals surface area contributed by atoms with Gasteiger partial charge in [-0.15, -0.1) is 6.58 Å². The zero-order chi connectivity index (χ0) is 30.7. The molecule has 0 spiro atoms. The molecular weight excluding hydrogens is 539 g/mol. The lowest BCUT2D eigenvalue weighted by atomic mass is 9.98. The maximum Gasteiger partial charge on any atom is 0.188 e. The molecular formula is C33H48ClFN4O2. The summed E-state index contributed by atoms with van der Waals surface area (Å²) in [5.41, 5.74) is 7.82. The van der Waals surface area contributed by atoms with Crippen LogP contribution in [0.5, 0.6) is 0 Å². The van der Waals surface area contributed by atoms with Crippen molar-refractivity contribution in [3.05, 3.63) is 109 Å². The Balaban J connectivity index is 6.03. The number of rotatable bonds is 21. The third kappa shape index (κ3) is 17.9. The highest BCUT2D eigenvalue weighted by Crippen LogP contribution is 2.18. The molecule has 0 aromatic heterocycles. The predicted molar refractivity (Wildman–Crippen MR) is 175 cm³/mol. The molecule has 0 aliphatic heterocycles. The van der Waals surface area contributed by atoms with Crippen LogP contribution in [-0.4, -0.2) is 48.0 Å². The van der Waals surface area contributed by atoms with E-state index in [2.05, 4.69) is 24.7 Å². The smallest absolute Gasteiger partial charge is 0.188 e. The van der Waals surface area contributed by atoms with E-state index in [0.717, 1.165) is 37.1 Å². The van der Waals surface area contributed by atoms with Crippen molar-refractivity contribution in [1.82, 2.24) is 4.90 Å². The SMILES string of the molecule is C=CCN=C(OC/C=C(\C)Cl)C(CN)CCC(=C/C=C/C)/C=C/N=C(CCCCCO)N(C=C)/C(C=C)=C/C=C/F. The minimum atomic E-state index is -0.0768. The average molecular weight is 587 g/mol. The number of allylic oxidation sites excluding steroid dienone is 9. The van der Waals surface area contributed by atoms with E-state index in [1.807, 2.05) is 31.2 Å². The van der Waals surface area contributed by atoms with E-state index < -0.39 is 0 Å². The first-order chi connectivity index (χ1) is 19.9. The predicted octanol–water partition coefficient (Wildman–Crippen LogP) is 8.05. The molecule has 226 valence electrons. The number of unbranched alkanes of at least 4 members (excludes halogenated alkanes) is 2. The van der Waals surface area contributed by atoms with Gasteiger partial charge in [0.25, 0.3) is 0 Å². The summed E-state index contributed by atoms with van der Waals surface area (Å²) >= 11 is 5.94. The fraction of sp³-hybridized carbons (Fsp3) is 0.394. The van der Waals surface area contributed by atoms with Crippen molar-refractivity contribution in [3.8, 4) is 0 Å². The maximum absolute atomic E-state index is 12.7. The molecule has 3 N–H and O–H groups in total. The van der Waals surface area contributed by atoms with E-state index in [9.17, 15) is 4.39 Å². The zero-order valence-corrected chi connectivity index (χ0v) is 25.5. The van der Waals surface area contributed by atoms with Gasteiger partial charge in [-0.1, -0.05) is 55.5 Å². The molecule has 0 saturated heterocycles. The Morgan fingerprint density at radius 1 is 1.15 bits per heavy atom. The molecule has 0 aromatic carbocycles. The standard InChI is InChI=1S/C33H48ClFN4O2/c1-6-10-15-29(18-19-30(27-36)33(38-23-7-2)41-26-21-28(5)34)20-24-37-32(17-12-11-13-25-40)39(9-4)31(8-3)16-14-22-35/h6-10,14-16,20-22,24,30,40H,2-4,11-13,17-19,23,25-27,36H2,1,5H3/b10-6+,22-14+,24-20+,28-21+,29-15-,31-16+,37-32?,38-33?. The number of aliphatic hydroxyl groups excluding tert-OH is 1. The molecule has 8 heteroatoms. The summed E-state index contributed by atoms with van der Waals surface area (Å²) in [5.74, 6) is 1.24. The van der Waals surface area contributed by atoms with Gasteiger partial charge in [-0.2, -0.15) is 0 Å². The fourth-order valence-electron chi connectivity index (χ4n) is 3.59. The summed E-state index contributed by atoms with van der Waals surface area (Å²) < 4.78 is 18.6. The molecule has 0 heterocycles. The van der Waals surface area contributed by atoms with Crippen LogP contribution in [0, 0.1) is 5.92 Å². The topological polar surface area (TPSA) is 83.4 Å². The van der Waals surface area contributed by atoms with Crippen LogP contribution in [0.3, 0.4) is 0 Å². The van der Waals surface area contributed by atoms with Gasteiger partial charge in [-0.25, -0.2) is 9.38 Å². The van der Waals surface area contributed by atoms with Crippen molar-refractivity contribution in [2.45, 2.75) is 52.4 Å². The first-order valence-electron chi connectivity index (χ1n) is 13.9. The summed E-state index contributed by atoms with van der Waals surface area (Å²) in [4.78, 5) is 11.1. The van der Waals surface area contributed by atoms with Crippen molar-refractivity contribution in [1.29, 1.82) is 0 Å². The molecule has 6 nitrogen and oxygen atoms in total. The van der Waals surface area contributed by atoms with Crippen LogP contribution in [0.4, 0.5) is 4.39 Å². The second-order valence-corrected chi connectivity index (χ2v) is 9.47. The summed E-state index contributed by atoms with van der Waals surface area (Å²) in [7, 11) is 0. The van der Waals surface area contributed by atoms with Gasteiger partial charge in [0.1, 0.15) is 12.4 Å². The van der Waals surface area contributed by atoms with Crippen molar-refractivity contribution in [2.75, 3.05) is 26.3 Å². The Labute approximate surface area is 251 Å². The Bertz CT molecular complexity index is 1020. The van der Waals surface area contributed by atoms with Gasteiger partial charge in [-0.3, -0.25) is 4.99 Å². The third-order valence-electron chi connectivity index (χ3n) is 5.75. The number of hydrogen-bond donors (Lipinski definition) is 2. The Morgan fingerprint density at radius 2 is 1.93 bits per heavy atom. The molecule has 0 amide bonds. The highest BCUT2D eigenvalue weighted by atomic mass is 35.5. The number of nitrogens with zero attached hydrogens (tertiary/aromatic N) is 3. The molecule has 0 rings (SSSR count). The molecule has 0 aromatic rings. The number of ether oxygens (including phenoxy) is 1. The van der Waals surface area contributed by atoms with Crippen LogP contribution in [0.25, 0.3) is 0 Å². The van der Waals surface area contributed by atoms with Crippen LogP contribution in [-0.2, 0) is 4.74 Å². The monoisotopic (exact) mass is 586 g/mol. The summed E-state index contributed by atoms with van der Waals surface area (Å²) in [5, 5.41) is 9.80. The van der Waals surface area contributed by atoms with Crippen LogP contribution in [0.15, 0.2) is 119 Å². The quantitative estimate of drug-likeness (QED) is 0.0468. The first-order valence-corrected chi connectivity index (χ1v) is 14.3. The van der Waals surface area contributed by atoms with Crippen LogP contribution < -0.4 is 5.73 Å². The minimum Gasteiger partial charge on any atom is -0.476 e. The Hall–Kier alpha value is -3.26. The number of amidine groups is 1. The summed E-state index contributed by atoms with van der Waals surface area (Å²) in [6.45, 7) is 16.5. The Kier molecular flexibility index (Phi) is 23.6. The van der Waals surface area contributed by atoms with Gasteiger partial charge >= 0.3 is 0 Å². The normalized spacial score (nSPS) is 14.7. The molecule has 0 saturated carbocycles. The second-order valence-electron chi connectivity index (χ2n) is 8.87. The van der Waals surface area contributed by atoms with Gasteiger partial charge < -0.3 is 20.5 Å². The summed E-state index contributed by atoms with van der Waals surface area (Å²) in [6.07, 6.45) is 24.3. The van der Waals surface area contributed by atoms with E-state index in [0.29, 0.717) is 55.5 Å².